The molecular formula is C24H45Br. The Bertz CT molecular complexity index is 307. The largest absolute Gasteiger partial charge is 0.0891 e. The predicted octanol–water partition coefficient (Wildman–Crippen LogP) is 9.06. The second-order valence-corrected chi connectivity index (χ2v) is 10.5. The van der Waals surface area contributed by atoms with Gasteiger partial charge in [-0.3, -0.25) is 0 Å². The molecule has 2 rings (SSSR count). The fraction of sp³-hybridized carbons (Fsp3) is 1.00. The van der Waals surface area contributed by atoms with Crippen LogP contribution in [0.3, 0.4) is 0 Å². The average Bonchev–Trinajstić information content (AvgIpc) is 2.68. The Labute approximate surface area is 167 Å². The predicted molar refractivity (Wildman–Crippen MR) is 117 cm³/mol. The Hall–Kier alpha value is 0.480. The average molecular weight is 414 g/mol. The van der Waals surface area contributed by atoms with Crippen LogP contribution < -0.4 is 0 Å². The molecule has 1 heteroatoms. The molecule has 2 aliphatic carbocycles. The first-order valence-electron chi connectivity index (χ1n) is 11.9. The third-order valence-electron chi connectivity index (χ3n) is 7.79. The molecule has 0 heterocycles. The van der Waals surface area contributed by atoms with Gasteiger partial charge in [0.05, 0.1) is 0 Å². The second-order valence-electron chi connectivity index (χ2n) is 9.24. The number of hydrogen-bond acceptors (Lipinski definition) is 0. The zero-order valence-corrected chi connectivity index (χ0v) is 18.9. The van der Waals surface area contributed by atoms with Crippen molar-refractivity contribution in [1.29, 1.82) is 0 Å². The third-order valence-corrected chi connectivity index (χ3v) is 8.70. The van der Waals surface area contributed by atoms with Crippen molar-refractivity contribution in [3.05, 3.63) is 0 Å². The summed E-state index contributed by atoms with van der Waals surface area (Å²) in [7, 11) is 0. The molecule has 0 N–H and O–H groups in total. The van der Waals surface area contributed by atoms with E-state index in [1.807, 2.05) is 0 Å². The number of unbranched alkanes of at least 4 members (excludes halogenated alkanes) is 3. The van der Waals surface area contributed by atoms with Gasteiger partial charge in [-0.25, -0.2) is 0 Å². The lowest BCUT2D eigenvalue weighted by atomic mass is 9.56. The number of alkyl halides is 1. The fourth-order valence-electron chi connectivity index (χ4n) is 6.21. The van der Waals surface area contributed by atoms with Gasteiger partial charge in [-0.2, -0.15) is 0 Å². The molecule has 0 spiro atoms. The molecule has 25 heavy (non-hydrogen) atoms. The Kier molecular flexibility index (Phi) is 10.5. The number of halogens is 1. The zero-order chi connectivity index (χ0) is 18.0. The van der Waals surface area contributed by atoms with Gasteiger partial charge in [0.2, 0.25) is 0 Å². The summed E-state index contributed by atoms with van der Waals surface area (Å²) in [5.41, 5.74) is 0.677. The van der Waals surface area contributed by atoms with Gasteiger partial charge in [0.15, 0.2) is 0 Å². The van der Waals surface area contributed by atoms with Gasteiger partial charge in [0.1, 0.15) is 0 Å². The van der Waals surface area contributed by atoms with Crippen LogP contribution in [0.2, 0.25) is 0 Å². The lowest BCUT2D eigenvalue weighted by Gasteiger charge is -2.50. The molecule has 0 saturated heterocycles. The molecule has 0 radical (unpaired) electrons. The normalized spacial score (nSPS) is 22.2. The lowest BCUT2D eigenvalue weighted by Crippen LogP contribution is -2.40. The topological polar surface area (TPSA) is 0 Å². The van der Waals surface area contributed by atoms with Crippen LogP contribution in [0.1, 0.15) is 129 Å². The lowest BCUT2D eigenvalue weighted by molar-refractivity contribution is 0.00740. The molecule has 0 amide bonds. The van der Waals surface area contributed by atoms with E-state index < -0.39 is 0 Å². The van der Waals surface area contributed by atoms with Crippen LogP contribution >= 0.6 is 15.9 Å². The maximum atomic E-state index is 4.06. The SMILES string of the molecule is CCCCCCC(Br)CCC(CC)(C1CCCCC1)C1CCCCC1. The highest BCUT2D eigenvalue weighted by molar-refractivity contribution is 9.09. The Morgan fingerprint density at radius 3 is 1.80 bits per heavy atom. The molecule has 0 nitrogen and oxygen atoms in total. The molecule has 148 valence electrons. The van der Waals surface area contributed by atoms with E-state index in [2.05, 4.69) is 29.8 Å². The first-order chi connectivity index (χ1) is 12.2. The monoisotopic (exact) mass is 412 g/mol. The van der Waals surface area contributed by atoms with Crippen LogP contribution in [0.5, 0.6) is 0 Å². The standard InChI is InChI=1S/C24H45Br/c1-3-5-6-13-18-23(25)19-20-24(4-2,21-14-9-7-10-15-21)22-16-11-8-12-17-22/h21-23H,3-20H2,1-2H3. The van der Waals surface area contributed by atoms with Gasteiger partial charge in [-0.05, 0) is 68.6 Å². The summed E-state index contributed by atoms with van der Waals surface area (Å²) in [5.74, 6) is 2.07. The summed E-state index contributed by atoms with van der Waals surface area (Å²) < 4.78 is 0. The molecule has 0 aromatic heterocycles. The van der Waals surface area contributed by atoms with E-state index in [0.717, 1.165) is 16.7 Å². The summed E-state index contributed by atoms with van der Waals surface area (Å²) in [6.07, 6.45) is 26.6. The summed E-state index contributed by atoms with van der Waals surface area (Å²) in [6.45, 7) is 4.85. The van der Waals surface area contributed by atoms with Crippen LogP contribution in [0.25, 0.3) is 0 Å². The minimum absolute atomic E-state index is 0.677. The van der Waals surface area contributed by atoms with Crippen molar-refractivity contribution in [3.8, 4) is 0 Å². The van der Waals surface area contributed by atoms with Gasteiger partial charge in [-0.15, -0.1) is 0 Å². The minimum Gasteiger partial charge on any atom is -0.0891 e. The zero-order valence-electron chi connectivity index (χ0n) is 17.3. The van der Waals surface area contributed by atoms with Gasteiger partial charge >= 0.3 is 0 Å². The smallest absolute Gasteiger partial charge is 0.0146 e. The molecule has 1 atom stereocenters. The van der Waals surface area contributed by atoms with E-state index in [9.17, 15) is 0 Å². The first-order valence-corrected chi connectivity index (χ1v) is 12.8. The molecule has 2 fully saturated rings. The molecule has 1 unspecified atom stereocenters. The highest BCUT2D eigenvalue weighted by Crippen LogP contribution is 2.54. The minimum atomic E-state index is 0.677. The quantitative estimate of drug-likeness (QED) is 0.234. The fourth-order valence-corrected chi connectivity index (χ4v) is 6.77. The van der Waals surface area contributed by atoms with Crippen molar-refractivity contribution in [2.75, 3.05) is 0 Å². The van der Waals surface area contributed by atoms with Crippen molar-refractivity contribution in [2.45, 2.75) is 134 Å². The van der Waals surface area contributed by atoms with Crippen molar-refractivity contribution < 1.29 is 0 Å². The van der Waals surface area contributed by atoms with E-state index in [-0.39, 0.29) is 0 Å². The van der Waals surface area contributed by atoms with Crippen molar-refractivity contribution in [3.63, 3.8) is 0 Å². The molecule has 0 aromatic carbocycles. The molecule has 0 aliphatic heterocycles. The van der Waals surface area contributed by atoms with Gasteiger partial charge in [-0.1, -0.05) is 94.0 Å². The Morgan fingerprint density at radius 2 is 1.32 bits per heavy atom. The molecule has 2 aliphatic rings. The van der Waals surface area contributed by atoms with E-state index in [1.165, 1.54) is 116 Å². The Morgan fingerprint density at radius 1 is 0.760 bits per heavy atom. The van der Waals surface area contributed by atoms with E-state index in [4.69, 9.17) is 0 Å². The van der Waals surface area contributed by atoms with Gasteiger partial charge in [0.25, 0.3) is 0 Å². The second kappa shape index (κ2) is 12.0. The maximum absolute atomic E-state index is 4.06. The van der Waals surface area contributed by atoms with Crippen LogP contribution in [0.4, 0.5) is 0 Å². The van der Waals surface area contributed by atoms with E-state index in [1.54, 1.807) is 0 Å². The van der Waals surface area contributed by atoms with Crippen LogP contribution in [0, 0.1) is 17.3 Å². The highest BCUT2D eigenvalue weighted by Gasteiger charge is 2.43. The van der Waals surface area contributed by atoms with Crippen molar-refractivity contribution in [1.82, 2.24) is 0 Å². The molecular weight excluding hydrogens is 368 g/mol. The number of hydrogen-bond donors (Lipinski definition) is 0. The highest BCUT2D eigenvalue weighted by atomic mass is 79.9. The van der Waals surface area contributed by atoms with E-state index >= 15 is 0 Å². The maximum Gasteiger partial charge on any atom is 0.0146 e. The van der Waals surface area contributed by atoms with E-state index in [0.29, 0.717) is 5.41 Å². The third kappa shape index (κ3) is 6.54. The first kappa shape index (κ1) is 21.8. The molecule has 2 saturated carbocycles. The molecule has 0 aromatic rings. The summed E-state index contributed by atoms with van der Waals surface area (Å²) >= 11 is 4.06. The molecule has 0 bridgehead atoms. The van der Waals surface area contributed by atoms with Crippen LogP contribution in [0.15, 0.2) is 0 Å². The Balaban J connectivity index is 1.95. The van der Waals surface area contributed by atoms with Crippen molar-refractivity contribution in [2.24, 2.45) is 17.3 Å². The summed E-state index contributed by atoms with van der Waals surface area (Å²) in [4.78, 5) is 0.766. The van der Waals surface area contributed by atoms with Crippen LogP contribution in [-0.2, 0) is 0 Å². The van der Waals surface area contributed by atoms with Gasteiger partial charge in [0, 0.05) is 4.83 Å². The van der Waals surface area contributed by atoms with Crippen LogP contribution in [-0.4, -0.2) is 4.83 Å². The van der Waals surface area contributed by atoms with Gasteiger partial charge < -0.3 is 0 Å². The number of rotatable bonds is 11. The van der Waals surface area contributed by atoms with Crippen molar-refractivity contribution >= 4 is 15.9 Å². The summed E-state index contributed by atoms with van der Waals surface area (Å²) in [5, 5.41) is 0. The summed E-state index contributed by atoms with van der Waals surface area (Å²) in [6, 6.07) is 0.